The minimum Gasteiger partial charge on any atom is -0.454 e. The minimum atomic E-state index is -3.93. The molecule has 6 nitrogen and oxygen atoms in total. The van der Waals surface area contributed by atoms with E-state index in [4.69, 9.17) is 4.74 Å². The second-order valence-corrected chi connectivity index (χ2v) is 11.2. The average Bonchev–Trinajstić information content (AvgIpc) is 3.24. The molecule has 2 aromatic carbocycles. The Bertz CT molecular complexity index is 1030. The summed E-state index contributed by atoms with van der Waals surface area (Å²) in [6.45, 7) is 5.76. The molecule has 0 spiro atoms. The Balaban J connectivity index is 1.67. The van der Waals surface area contributed by atoms with Gasteiger partial charge in [0.2, 0.25) is 0 Å². The molecule has 2 aromatic rings. The van der Waals surface area contributed by atoms with Gasteiger partial charge in [-0.1, -0.05) is 63.9 Å². The standard InChI is InChI=1S/C24H29NO5S/c1-23(2,3)18-11-13-19(14-12-18)25-21(26)17-30-22(27)24(15-7-8-16-24)31(28,29)20-9-5-4-6-10-20/h4-6,9-14H,7-8,15-17H2,1-3H3,(H,25,26). The van der Waals surface area contributed by atoms with Crippen LogP contribution in [-0.2, 0) is 29.6 Å². The Labute approximate surface area is 183 Å². The van der Waals surface area contributed by atoms with Crippen molar-refractivity contribution in [2.24, 2.45) is 0 Å². The minimum absolute atomic E-state index is 0.00207. The van der Waals surface area contributed by atoms with Crippen LogP contribution in [0, 0.1) is 0 Å². The van der Waals surface area contributed by atoms with Crippen molar-refractivity contribution in [3.8, 4) is 0 Å². The molecule has 1 aliphatic rings. The quantitative estimate of drug-likeness (QED) is 0.674. The van der Waals surface area contributed by atoms with Crippen molar-refractivity contribution in [2.75, 3.05) is 11.9 Å². The molecule has 1 aliphatic carbocycles. The predicted octanol–water partition coefficient (Wildman–Crippen LogP) is 4.25. The molecule has 0 saturated heterocycles. The van der Waals surface area contributed by atoms with Crippen LogP contribution in [0.3, 0.4) is 0 Å². The molecule has 1 amide bonds. The van der Waals surface area contributed by atoms with E-state index in [9.17, 15) is 18.0 Å². The fourth-order valence-corrected chi connectivity index (χ4v) is 5.94. The van der Waals surface area contributed by atoms with Gasteiger partial charge in [0, 0.05) is 5.69 Å². The van der Waals surface area contributed by atoms with Gasteiger partial charge in [0.05, 0.1) is 4.90 Å². The van der Waals surface area contributed by atoms with Gasteiger partial charge >= 0.3 is 5.97 Å². The van der Waals surface area contributed by atoms with Crippen molar-refractivity contribution >= 4 is 27.4 Å². The molecule has 166 valence electrons. The summed E-state index contributed by atoms with van der Waals surface area (Å²) in [7, 11) is -3.93. The highest BCUT2D eigenvalue weighted by molar-refractivity contribution is 7.93. The summed E-state index contributed by atoms with van der Waals surface area (Å²) < 4.78 is 30.1. The summed E-state index contributed by atoms with van der Waals surface area (Å²) in [6.07, 6.45) is 1.62. The first-order chi connectivity index (χ1) is 14.6. The maximum atomic E-state index is 13.2. The largest absolute Gasteiger partial charge is 0.454 e. The average molecular weight is 444 g/mol. The van der Waals surface area contributed by atoms with Gasteiger partial charge < -0.3 is 10.1 Å². The number of esters is 1. The Morgan fingerprint density at radius 3 is 2.10 bits per heavy atom. The van der Waals surface area contributed by atoms with E-state index in [0.717, 1.165) is 5.56 Å². The Morgan fingerprint density at radius 2 is 1.55 bits per heavy atom. The maximum absolute atomic E-state index is 13.2. The molecule has 0 radical (unpaired) electrons. The smallest absolute Gasteiger partial charge is 0.328 e. The summed E-state index contributed by atoms with van der Waals surface area (Å²) in [5.74, 6) is -1.37. The summed E-state index contributed by atoms with van der Waals surface area (Å²) in [4.78, 5) is 25.3. The number of benzene rings is 2. The molecule has 3 rings (SSSR count). The first-order valence-electron chi connectivity index (χ1n) is 10.4. The number of ether oxygens (including phenoxy) is 1. The monoisotopic (exact) mass is 443 g/mol. The zero-order chi connectivity index (χ0) is 22.7. The number of hydrogen-bond donors (Lipinski definition) is 1. The summed E-state index contributed by atoms with van der Waals surface area (Å²) >= 11 is 0. The molecule has 1 N–H and O–H groups in total. The first-order valence-corrected chi connectivity index (χ1v) is 11.9. The summed E-state index contributed by atoms with van der Waals surface area (Å²) in [6, 6.07) is 15.4. The van der Waals surface area contributed by atoms with E-state index in [-0.39, 0.29) is 23.2 Å². The third-order valence-corrected chi connectivity index (χ3v) is 8.22. The molecule has 0 aromatic heterocycles. The van der Waals surface area contributed by atoms with Crippen LogP contribution < -0.4 is 5.32 Å². The lowest BCUT2D eigenvalue weighted by molar-refractivity contribution is -0.149. The Hall–Kier alpha value is -2.67. The highest BCUT2D eigenvalue weighted by atomic mass is 32.2. The molecule has 0 atom stereocenters. The lowest BCUT2D eigenvalue weighted by atomic mass is 9.87. The van der Waals surface area contributed by atoms with Crippen molar-refractivity contribution in [1.29, 1.82) is 0 Å². The van der Waals surface area contributed by atoms with Gasteiger partial charge in [-0.3, -0.25) is 9.59 Å². The van der Waals surface area contributed by atoms with Gasteiger partial charge in [-0.25, -0.2) is 8.42 Å². The molecular weight excluding hydrogens is 414 g/mol. The normalized spacial score (nSPS) is 16.0. The van der Waals surface area contributed by atoms with Gasteiger partial charge in [-0.2, -0.15) is 0 Å². The van der Waals surface area contributed by atoms with Crippen LogP contribution in [0.15, 0.2) is 59.5 Å². The Kier molecular flexibility index (Phi) is 6.55. The van der Waals surface area contributed by atoms with Gasteiger partial charge in [0.15, 0.2) is 21.2 Å². The molecule has 31 heavy (non-hydrogen) atoms. The predicted molar refractivity (Wildman–Crippen MR) is 120 cm³/mol. The highest BCUT2D eigenvalue weighted by Crippen LogP contribution is 2.41. The summed E-state index contributed by atoms with van der Waals surface area (Å²) in [5.41, 5.74) is 1.71. The van der Waals surface area contributed by atoms with E-state index in [1.54, 1.807) is 30.3 Å². The van der Waals surface area contributed by atoms with Crippen LogP contribution >= 0.6 is 0 Å². The number of sulfone groups is 1. The number of amides is 1. The lowest BCUT2D eigenvalue weighted by Crippen LogP contribution is -2.46. The third-order valence-electron chi connectivity index (χ3n) is 5.72. The van der Waals surface area contributed by atoms with Crippen molar-refractivity contribution in [2.45, 2.75) is 61.5 Å². The first kappa shape index (κ1) is 23.0. The van der Waals surface area contributed by atoms with Crippen LogP contribution in [0.1, 0.15) is 52.0 Å². The van der Waals surface area contributed by atoms with Crippen molar-refractivity contribution in [1.82, 2.24) is 0 Å². The van der Waals surface area contributed by atoms with E-state index in [1.165, 1.54) is 12.1 Å². The highest BCUT2D eigenvalue weighted by Gasteiger charge is 2.54. The number of anilines is 1. The fraction of sp³-hybridized carbons (Fsp3) is 0.417. The molecule has 1 fully saturated rings. The van der Waals surface area contributed by atoms with E-state index < -0.39 is 33.1 Å². The van der Waals surface area contributed by atoms with Crippen molar-refractivity contribution in [3.05, 3.63) is 60.2 Å². The van der Waals surface area contributed by atoms with Crippen LogP contribution in [0.25, 0.3) is 0 Å². The number of carbonyl (C=O) groups excluding carboxylic acids is 2. The SMILES string of the molecule is CC(C)(C)c1ccc(NC(=O)COC(=O)C2(S(=O)(=O)c3ccccc3)CCCC2)cc1. The zero-order valence-corrected chi connectivity index (χ0v) is 19.0. The third kappa shape index (κ3) is 4.82. The molecule has 0 aliphatic heterocycles. The van der Waals surface area contributed by atoms with Crippen LogP contribution in [0.4, 0.5) is 5.69 Å². The van der Waals surface area contributed by atoms with Gasteiger partial charge in [0.25, 0.3) is 5.91 Å². The molecular formula is C24H29NO5S. The number of rotatable bonds is 6. The lowest BCUT2D eigenvalue weighted by Gasteiger charge is -2.26. The number of nitrogens with one attached hydrogen (secondary N) is 1. The summed E-state index contributed by atoms with van der Waals surface area (Å²) in [5, 5.41) is 2.68. The fourth-order valence-electron chi connectivity index (χ4n) is 3.87. The second kappa shape index (κ2) is 8.83. The second-order valence-electron chi connectivity index (χ2n) is 8.97. The topological polar surface area (TPSA) is 89.5 Å². The maximum Gasteiger partial charge on any atom is 0.328 e. The molecule has 1 saturated carbocycles. The van der Waals surface area contributed by atoms with Crippen molar-refractivity contribution < 1.29 is 22.7 Å². The molecule has 7 heteroatoms. The van der Waals surface area contributed by atoms with Crippen molar-refractivity contribution in [3.63, 3.8) is 0 Å². The van der Waals surface area contributed by atoms with Gasteiger partial charge in [0.1, 0.15) is 0 Å². The van der Waals surface area contributed by atoms with E-state index in [0.29, 0.717) is 18.5 Å². The van der Waals surface area contributed by atoms with Gasteiger partial charge in [-0.15, -0.1) is 0 Å². The molecule has 0 heterocycles. The Morgan fingerprint density at radius 1 is 0.968 bits per heavy atom. The van der Waals surface area contributed by atoms with E-state index in [1.807, 2.05) is 12.1 Å². The molecule has 0 bridgehead atoms. The van der Waals surface area contributed by atoms with E-state index >= 15 is 0 Å². The molecule has 0 unspecified atom stereocenters. The van der Waals surface area contributed by atoms with Crippen LogP contribution in [-0.4, -0.2) is 31.6 Å². The van der Waals surface area contributed by atoms with Crippen LogP contribution in [0.2, 0.25) is 0 Å². The van der Waals surface area contributed by atoms with E-state index in [2.05, 4.69) is 26.1 Å². The number of carbonyl (C=O) groups is 2. The zero-order valence-electron chi connectivity index (χ0n) is 18.2. The van der Waals surface area contributed by atoms with Gasteiger partial charge in [-0.05, 0) is 48.1 Å². The number of hydrogen-bond acceptors (Lipinski definition) is 5. The van der Waals surface area contributed by atoms with Crippen LogP contribution in [0.5, 0.6) is 0 Å².